The van der Waals surface area contributed by atoms with E-state index in [1.807, 2.05) is 37.3 Å². The number of benzene rings is 2. The summed E-state index contributed by atoms with van der Waals surface area (Å²) in [6, 6.07) is 15.2. The van der Waals surface area contributed by atoms with E-state index in [0.29, 0.717) is 36.2 Å². The van der Waals surface area contributed by atoms with Crippen molar-refractivity contribution in [3.8, 4) is 0 Å². The molecular weight excluding hydrogens is 428 g/mol. The number of carbonyl (C=O) groups is 2. The van der Waals surface area contributed by atoms with Crippen LogP contribution in [0.2, 0.25) is 5.02 Å². The molecule has 1 N–H and O–H groups in total. The predicted molar refractivity (Wildman–Crippen MR) is 131 cm³/mol. The van der Waals surface area contributed by atoms with Crippen molar-refractivity contribution < 1.29 is 9.59 Å². The summed E-state index contributed by atoms with van der Waals surface area (Å²) in [5.41, 5.74) is 3.36. The lowest BCUT2D eigenvalue weighted by Gasteiger charge is -2.31. The van der Waals surface area contributed by atoms with Gasteiger partial charge in [0.25, 0.3) is 0 Å². The number of halogens is 1. The molecular formula is C25H33ClN2O2S. The Hall–Kier alpha value is -1.98. The van der Waals surface area contributed by atoms with Crippen molar-refractivity contribution >= 4 is 35.2 Å². The van der Waals surface area contributed by atoms with E-state index in [2.05, 4.69) is 44.3 Å². The fourth-order valence-corrected chi connectivity index (χ4v) is 4.25. The third kappa shape index (κ3) is 8.58. The zero-order chi connectivity index (χ0) is 22.8. The van der Waals surface area contributed by atoms with E-state index in [-0.39, 0.29) is 11.8 Å². The highest BCUT2D eigenvalue weighted by Gasteiger charge is 2.28. The maximum atomic E-state index is 13.2. The highest BCUT2D eigenvalue weighted by molar-refractivity contribution is 7.99. The Balaban J connectivity index is 2.11. The molecule has 4 nitrogen and oxygen atoms in total. The molecule has 0 spiro atoms. The number of hydrogen-bond acceptors (Lipinski definition) is 3. The minimum absolute atomic E-state index is 0.0286. The van der Waals surface area contributed by atoms with Gasteiger partial charge in [-0.15, -0.1) is 11.8 Å². The van der Waals surface area contributed by atoms with Crippen LogP contribution in [0.25, 0.3) is 0 Å². The molecule has 0 aromatic heterocycles. The van der Waals surface area contributed by atoms with Gasteiger partial charge in [-0.3, -0.25) is 9.59 Å². The Kier molecular flexibility index (Phi) is 10.4. The average Bonchev–Trinajstić information content (AvgIpc) is 2.73. The van der Waals surface area contributed by atoms with E-state index in [9.17, 15) is 9.59 Å². The number of aryl methyl sites for hydroxylation is 1. The second-order valence-corrected chi connectivity index (χ2v) is 9.62. The first-order chi connectivity index (χ1) is 14.8. The summed E-state index contributed by atoms with van der Waals surface area (Å²) in [4.78, 5) is 27.8. The maximum absolute atomic E-state index is 13.2. The lowest BCUT2D eigenvalue weighted by Crippen LogP contribution is -2.50. The van der Waals surface area contributed by atoms with Gasteiger partial charge in [-0.2, -0.15) is 0 Å². The molecule has 0 unspecified atom stereocenters. The van der Waals surface area contributed by atoms with Gasteiger partial charge in [0.2, 0.25) is 11.8 Å². The average molecular weight is 461 g/mol. The van der Waals surface area contributed by atoms with Crippen LogP contribution in [0.5, 0.6) is 0 Å². The number of thioether (sulfide) groups is 1. The topological polar surface area (TPSA) is 49.4 Å². The molecule has 2 amide bonds. The second kappa shape index (κ2) is 12.8. The summed E-state index contributed by atoms with van der Waals surface area (Å²) in [5.74, 6) is 1.32. The van der Waals surface area contributed by atoms with Crippen molar-refractivity contribution in [2.75, 3.05) is 12.3 Å². The van der Waals surface area contributed by atoms with E-state index >= 15 is 0 Å². The third-order valence-electron chi connectivity index (χ3n) is 4.91. The van der Waals surface area contributed by atoms with E-state index in [4.69, 9.17) is 11.6 Å². The Bertz CT molecular complexity index is 855. The maximum Gasteiger partial charge on any atom is 0.242 e. The van der Waals surface area contributed by atoms with Gasteiger partial charge >= 0.3 is 0 Å². The van der Waals surface area contributed by atoms with Crippen molar-refractivity contribution in [2.24, 2.45) is 5.92 Å². The molecule has 0 aliphatic rings. The molecule has 0 saturated heterocycles. The van der Waals surface area contributed by atoms with Gasteiger partial charge in [-0.25, -0.2) is 0 Å². The van der Waals surface area contributed by atoms with Crippen molar-refractivity contribution in [1.29, 1.82) is 0 Å². The number of nitrogens with zero attached hydrogens (tertiary/aromatic N) is 1. The molecule has 0 heterocycles. The van der Waals surface area contributed by atoms with E-state index in [0.717, 1.165) is 11.3 Å². The largest absolute Gasteiger partial charge is 0.354 e. The van der Waals surface area contributed by atoms with E-state index < -0.39 is 6.04 Å². The lowest BCUT2D eigenvalue weighted by atomic mass is 10.1. The van der Waals surface area contributed by atoms with E-state index in [1.165, 1.54) is 11.1 Å². The molecule has 2 aromatic carbocycles. The number of carbonyl (C=O) groups excluding carboxylic acids is 2. The Morgan fingerprint density at radius 2 is 1.81 bits per heavy atom. The molecule has 6 heteroatoms. The van der Waals surface area contributed by atoms with Gasteiger partial charge in [0, 0.05) is 23.9 Å². The van der Waals surface area contributed by atoms with Crippen LogP contribution in [0, 0.1) is 12.8 Å². The molecule has 2 aromatic rings. The van der Waals surface area contributed by atoms with Gasteiger partial charge in [0.1, 0.15) is 6.04 Å². The summed E-state index contributed by atoms with van der Waals surface area (Å²) in [5, 5.41) is 3.64. The van der Waals surface area contributed by atoms with Crippen LogP contribution >= 0.6 is 23.4 Å². The standard InChI is InChI=1S/C25H33ClN2O2S/c1-5-23(25(30)27-14-18(2)3)28(15-20-9-11-22(26)12-10-20)24(29)17-31-16-21-8-6-7-19(4)13-21/h6-13,18,23H,5,14-17H2,1-4H3,(H,27,30)/t23-/m1/s1. The normalized spacial score (nSPS) is 11.9. The first-order valence-corrected chi connectivity index (χ1v) is 12.3. The van der Waals surface area contributed by atoms with Crippen LogP contribution in [0.4, 0.5) is 0 Å². The van der Waals surface area contributed by atoms with Crippen molar-refractivity contribution in [2.45, 2.75) is 52.5 Å². The smallest absolute Gasteiger partial charge is 0.242 e. The summed E-state index contributed by atoms with van der Waals surface area (Å²) >= 11 is 7.59. The molecule has 2 rings (SSSR count). The molecule has 0 aliphatic carbocycles. The second-order valence-electron chi connectivity index (χ2n) is 8.19. The van der Waals surface area contributed by atoms with Crippen molar-refractivity contribution in [1.82, 2.24) is 10.2 Å². The summed E-state index contributed by atoms with van der Waals surface area (Å²) in [6.07, 6.45) is 0.561. The molecule has 31 heavy (non-hydrogen) atoms. The first-order valence-electron chi connectivity index (χ1n) is 10.7. The molecule has 0 fully saturated rings. The van der Waals surface area contributed by atoms with E-state index in [1.54, 1.807) is 16.7 Å². The fraction of sp³-hybridized carbons (Fsp3) is 0.440. The summed E-state index contributed by atoms with van der Waals surface area (Å²) < 4.78 is 0. The first kappa shape index (κ1) is 25.3. The Morgan fingerprint density at radius 1 is 1.10 bits per heavy atom. The van der Waals surface area contributed by atoms with Crippen LogP contribution in [-0.2, 0) is 21.9 Å². The number of amides is 2. The molecule has 0 radical (unpaired) electrons. The van der Waals surface area contributed by atoms with Crippen LogP contribution in [0.1, 0.15) is 43.9 Å². The zero-order valence-corrected chi connectivity index (χ0v) is 20.4. The number of nitrogens with one attached hydrogen (secondary N) is 1. The predicted octanol–water partition coefficient (Wildman–Crippen LogP) is 5.46. The molecule has 0 saturated carbocycles. The van der Waals surface area contributed by atoms with Crippen LogP contribution in [0.15, 0.2) is 48.5 Å². The fourth-order valence-electron chi connectivity index (χ4n) is 3.27. The minimum Gasteiger partial charge on any atom is -0.354 e. The number of hydrogen-bond donors (Lipinski definition) is 1. The molecule has 0 bridgehead atoms. The zero-order valence-electron chi connectivity index (χ0n) is 18.9. The molecule has 168 valence electrons. The highest BCUT2D eigenvalue weighted by Crippen LogP contribution is 2.19. The third-order valence-corrected chi connectivity index (χ3v) is 6.15. The Morgan fingerprint density at radius 3 is 2.42 bits per heavy atom. The molecule has 1 atom stereocenters. The lowest BCUT2D eigenvalue weighted by molar-refractivity contribution is -0.139. The van der Waals surface area contributed by atoms with Crippen LogP contribution in [0.3, 0.4) is 0 Å². The van der Waals surface area contributed by atoms with Crippen molar-refractivity contribution in [3.05, 3.63) is 70.2 Å². The van der Waals surface area contributed by atoms with Gasteiger partial charge in [0.15, 0.2) is 0 Å². The van der Waals surface area contributed by atoms with Gasteiger partial charge in [0.05, 0.1) is 5.75 Å². The van der Waals surface area contributed by atoms with Crippen molar-refractivity contribution in [3.63, 3.8) is 0 Å². The van der Waals surface area contributed by atoms with Gasteiger partial charge in [-0.05, 0) is 42.5 Å². The monoisotopic (exact) mass is 460 g/mol. The molecule has 0 aliphatic heterocycles. The Labute approximate surface area is 195 Å². The van der Waals surface area contributed by atoms with Gasteiger partial charge < -0.3 is 10.2 Å². The van der Waals surface area contributed by atoms with Gasteiger partial charge in [-0.1, -0.05) is 74.3 Å². The summed E-state index contributed by atoms with van der Waals surface area (Å²) in [7, 11) is 0. The van der Waals surface area contributed by atoms with Crippen LogP contribution in [-0.4, -0.2) is 35.1 Å². The van der Waals surface area contributed by atoms with Crippen LogP contribution < -0.4 is 5.32 Å². The number of rotatable bonds is 11. The highest BCUT2D eigenvalue weighted by atomic mass is 35.5. The summed E-state index contributed by atoms with van der Waals surface area (Å²) in [6.45, 7) is 9.10. The minimum atomic E-state index is -0.499. The quantitative estimate of drug-likeness (QED) is 0.484. The SMILES string of the molecule is CC[C@H](C(=O)NCC(C)C)N(Cc1ccc(Cl)cc1)C(=O)CSCc1cccc(C)c1.